The van der Waals surface area contributed by atoms with Gasteiger partial charge >= 0.3 is 0 Å². The SMILES string of the molecule is COC1CCCC(CC(=O)C2CC2)C1. The van der Waals surface area contributed by atoms with Gasteiger partial charge < -0.3 is 4.74 Å². The molecule has 0 aliphatic heterocycles. The van der Waals surface area contributed by atoms with E-state index in [1.54, 1.807) is 7.11 Å². The second kappa shape index (κ2) is 4.43. The Labute approximate surface area is 86.0 Å². The largest absolute Gasteiger partial charge is 0.381 e. The van der Waals surface area contributed by atoms with Gasteiger partial charge in [0, 0.05) is 19.4 Å². The molecule has 0 bridgehead atoms. The first kappa shape index (κ1) is 10.2. The molecule has 0 aromatic rings. The van der Waals surface area contributed by atoms with E-state index in [1.165, 1.54) is 19.3 Å². The summed E-state index contributed by atoms with van der Waals surface area (Å²) in [6, 6.07) is 0. The third-order valence-corrected chi connectivity index (χ3v) is 3.59. The number of hydrogen-bond donors (Lipinski definition) is 0. The molecule has 2 nitrogen and oxygen atoms in total. The molecule has 2 aliphatic carbocycles. The molecule has 2 unspecified atom stereocenters. The molecule has 0 heterocycles. The predicted octanol–water partition coefficient (Wildman–Crippen LogP) is 2.56. The van der Waals surface area contributed by atoms with E-state index < -0.39 is 0 Å². The lowest BCUT2D eigenvalue weighted by Crippen LogP contribution is -2.23. The van der Waals surface area contributed by atoms with Crippen molar-refractivity contribution in [3.63, 3.8) is 0 Å². The maximum absolute atomic E-state index is 11.6. The second-order valence-electron chi connectivity index (χ2n) is 4.84. The number of hydrogen-bond acceptors (Lipinski definition) is 2. The Hall–Kier alpha value is -0.370. The normalized spacial score (nSPS) is 32.9. The second-order valence-corrected chi connectivity index (χ2v) is 4.84. The van der Waals surface area contributed by atoms with E-state index in [9.17, 15) is 4.79 Å². The van der Waals surface area contributed by atoms with Crippen LogP contribution in [0.5, 0.6) is 0 Å². The van der Waals surface area contributed by atoms with Crippen molar-refractivity contribution in [3.05, 3.63) is 0 Å². The van der Waals surface area contributed by atoms with Gasteiger partial charge in [-0.3, -0.25) is 4.79 Å². The van der Waals surface area contributed by atoms with Crippen molar-refractivity contribution in [1.82, 2.24) is 0 Å². The Morgan fingerprint density at radius 2 is 2.07 bits per heavy atom. The summed E-state index contributed by atoms with van der Waals surface area (Å²) in [7, 11) is 1.79. The van der Waals surface area contributed by atoms with E-state index in [2.05, 4.69) is 0 Å². The molecule has 0 N–H and O–H groups in total. The summed E-state index contributed by atoms with van der Waals surface area (Å²) in [4.78, 5) is 11.6. The van der Waals surface area contributed by atoms with Crippen LogP contribution >= 0.6 is 0 Å². The van der Waals surface area contributed by atoms with Gasteiger partial charge in [-0.1, -0.05) is 6.42 Å². The molecule has 0 amide bonds. The summed E-state index contributed by atoms with van der Waals surface area (Å²) in [5.74, 6) is 1.58. The van der Waals surface area contributed by atoms with Crippen molar-refractivity contribution in [2.24, 2.45) is 11.8 Å². The van der Waals surface area contributed by atoms with Gasteiger partial charge in [-0.15, -0.1) is 0 Å². The smallest absolute Gasteiger partial charge is 0.136 e. The third-order valence-electron chi connectivity index (χ3n) is 3.59. The van der Waals surface area contributed by atoms with Gasteiger partial charge in [0.1, 0.15) is 5.78 Å². The number of ketones is 1. The lowest BCUT2D eigenvalue weighted by Gasteiger charge is -2.27. The fraction of sp³-hybridized carbons (Fsp3) is 0.917. The van der Waals surface area contributed by atoms with Crippen LogP contribution in [0.1, 0.15) is 44.9 Å². The van der Waals surface area contributed by atoms with Gasteiger partial charge in [-0.2, -0.15) is 0 Å². The van der Waals surface area contributed by atoms with Crippen molar-refractivity contribution < 1.29 is 9.53 Å². The van der Waals surface area contributed by atoms with E-state index in [-0.39, 0.29) is 0 Å². The molecule has 14 heavy (non-hydrogen) atoms. The van der Waals surface area contributed by atoms with Gasteiger partial charge in [0.15, 0.2) is 0 Å². The van der Waals surface area contributed by atoms with Crippen molar-refractivity contribution in [2.45, 2.75) is 51.0 Å². The van der Waals surface area contributed by atoms with Crippen molar-refractivity contribution >= 4 is 5.78 Å². The van der Waals surface area contributed by atoms with Crippen LogP contribution in [0.2, 0.25) is 0 Å². The van der Waals surface area contributed by atoms with Crippen molar-refractivity contribution in [3.8, 4) is 0 Å². The highest BCUT2D eigenvalue weighted by atomic mass is 16.5. The maximum Gasteiger partial charge on any atom is 0.136 e. The van der Waals surface area contributed by atoms with Gasteiger partial charge in [-0.25, -0.2) is 0 Å². The van der Waals surface area contributed by atoms with Crippen LogP contribution in [0.4, 0.5) is 0 Å². The first-order valence-electron chi connectivity index (χ1n) is 5.85. The number of methoxy groups -OCH3 is 1. The van der Waals surface area contributed by atoms with Crippen LogP contribution in [0.3, 0.4) is 0 Å². The Balaban J connectivity index is 1.76. The molecule has 0 saturated heterocycles. The zero-order chi connectivity index (χ0) is 9.97. The minimum atomic E-state index is 0.417. The zero-order valence-corrected chi connectivity index (χ0v) is 9.00. The number of rotatable bonds is 4. The standard InChI is InChI=1S/C12H20O2/c1-14-11-4-2-3-9(7-11)8-12(13)10-5-6-10/h9-11H,2-8H2,1H3. The Kier molecular flexibility index (Phi) is 3.22. The minimum absolute atomic E-state index is 0.417. The number of ether oxygens (including phenoxy) is 1. The number of carbonyl (C=O) groups is 1. The molecule has 2 heteroatoms. The van der Waals surface area contributed by atoms with E-state index in [1.807, 2.05) is 0 Å². The van der Waals surface area contributed by atoms with E-state index in [0.717, 1.165) is 25.7 Å². The Bertz CT molecular complexity index is 208. The van der Waals surface area contributed by atoms with Crippen LogP contribution in [0.25, 0.3) is 0 Å². The molecule has 0 spiro atoms. The summed E-state index contributed by atoms with van der Waals surface area (Å²) < 4.78 is 5.37. The summed E-state index contributed by atoms with van der Waals surface area (Å²) >= 11 is 0. The Morgan fingerprint density at radius 3 is 2.71 bits per heavy atom. The van der Waals surface area contributed by atoms with Gasteiger partial charge in [-0.05, 0) is 38.0 Å². The maximum atomic E-state index is 11.6. The van der Waals surface area contributed by atoms with Gasteiger partial charge in [0.25, 0.3) is 0 Å². The molecule has 0 radical (unpaired) electrons. The average molecular weight is 196 g/mol. The highest BCUT2D eigenvalue weighted by Gasteiger charge is 2.32. The van der Waals surface area contributed by atoms with Crippen LogP contribution in [-0.2, 0) is 9.53 Å². The predicted molar refractivity (Wildman–Crippen MR) is 55.1 cm³/mol. The van der Waals surface area contributed by atoms with Crippen molar-refractivity contribution in [2.75, 3.05) is 7.11 Å². The first-order chi connectivity index (χ1) is 6.79. The molecule has 2 aliphatic rings. The average Bonchev–Trinajstić information content (AvgIpc) is 3.01. The van der Waals surface area contributed by atoms with E-state index in [4.69, 9.17) is 4.74 Å². The molecule has 0 aromatic heterocycles. The third kappa shape index (κ3) is 2.57. The summed E-state index contributed by atoms with van der Waals surface area (Å²) in [5.41, 5.74) is 0. The van der Waals surface area contributed by atoms with Gasteiger partial charge in [0.05, 0.1) is 6.10 Å². The zero-order valence-electron chi connectivity index (χ0n) is 9.00. The molecule has 2 fully saturated rings. The molecular formula is C12H20O2. The highest BCUT2D eigenvalue weighted by molar-refractivity contribution is 5.83. The fourth-order valence-electron chi connectivity index (χ4n) is 2.50. The summed E-state index contributed by atoms with van der Waals surface area (Å²) in [5, 5.41) is 0. The van der Waals surface area contributed by atoms with Gasteiger partial charge in [0.2, 0.25) is 0 Å². The van der Waals surface area contributed by atoms with E-state index in [0.29, 0.717) is 23.7 Å². The Morgan fingerprint density at radius 1 is 1.29 bits per heavy atom. The molecule has 2 rings (SSSR count). The monoisotopic (exact) mass is 196 g/mol. The van der Waals surface area contributed by atoms with Crippen LogP contribution < -0.4 is 0 Å². The quantitative estimate of drug-likeness (QED) is 0.690. The highest BCUT2D eigenvalue weighted by Crippen LogP contribution is 2.35. The van der Waals surface area contributed by atoms with Crippen molar-refractivity contribution in [1.29, 1.82) is 0 Å². The molecule has 2 atom stereocenters. The molecule has 2 saturated carbocycles. The van der Waals surface area contributed by atoms with E-state index >= 15 is 0 Å². The van der Waals surface area contributed by atoms with Crippen LogP contribution in [0.15, 0.2) is 0 Å². The fourth-order valence-corrected chi connectivity index (χ4v) is 2.50. The summed E-state index contributed by atoms with van der Waals surface area (Å²) in [6.07, 6.45) is 8.31. The van der Waals surface area contributed by atoms with Crippen LogP contribution in [0, 0.1) is 11.8 Å². The summed E-state index contributed by atoms with van der Waals surface area (Å²) in [6.45, 7) is 0. The topological polar surface area (TPSA) is 26.3 Å². The first-order valence-corrected chi connectivity index (χ1v) is 5.85. The molecular weight excluding hydrogens is 176 g/mol. The number of carbonyl (C=O) groups excluding carboxylic acids is 1. The lowest BCUT2D eigenvalue weighted by atomic mass is 9.83. The number of Topliss-reactive ketones (excluding diaryl/α,β-unsaturated/α-hetero) is 1. The van der Waals surface area contributed by atoms with Crippen LogP contribution in [-0.4, -0.2) is 19.0 Å². The minimum Gasteiger partial charge on any atom is -0.381 e. The molecule has 80 valence electrons. The lowest BCUT2D eigenvalue weighted by molar-refractivity contribution is -0.121. The molecule has 0 aromatic carbocycles.